The molecule has 98 valence electrons. The van der Waals surface area contributed by atoms with Gasteiger partial charge in [-0.15, -0.1) is 0 Å². The first-order valence-corrected chi connectivity index (χ1v) is 7.11. The molecule has 1 amide bonds. The van der Waals surface area contributed by atoms with Gasteiger partial charge in [-0.1, -0.05) is 70.8 Å². The molecule has 0 heterocycles. The van der Waals surface area contributed by atoms with Gasteiger partial charge in [-0.05, 0) is 19.1 Å². The second kappa shape index (κ2) is 7.29. The molecule has 0 aliphatic carbocycles. The maximum absolute atomic E-state index is 11.4. The first kappa shape index (κ1) is 15.7. The van der Waals surface area contributed by atoms with Gasteiger partial charge < -0.3 is 5.32 Å². The molecule has 1 aromatic rings. The molecule has 0 aliphatic rings. The number of allylic oxidation sites excluding steroid dienone is 1. The van der Waals surface area contributed by atoms with Crippen LogP contribution < -0.4 is 5.32 Å². The third kappa shape index (κ3) is 5.53. The molecule has 0 radical (unpaired) electrons. The third-order valence-corrected chi connectivity index (χ3v) is 3.66. The number of carbonyl (C=O) groups excluding carboxylic acids is 1. The van der Waals surface area contributed by atoms with Crippen LogP contribution in [-0.2, 0) is 4.79 Å². The lowest BCUT2D eigenvalue weighted by atomic mass is 10.4. The Morgan fingerprint density at radius 2 is 1.94 bits per heavy atom. The smallest absolute Gasteiger partial charge is 0.272 e. The van der Waals surface area contributed by atoms with E-state index in [1.165, 1.54) is 0 Å². The van der Waals surface area contributed by atoms with Crippen molar-refractivity contribution in [2.24, 2.45) is 0 Å². The summed E-state index contributed by atoms with van der Waals surface area (Å²) in [6.07, 6.45) is 1.91. The quantitative estimate of drug-likeness (QED) is 0.665. The highest BCUT2D eigenvalue weighted by molar-refractivity contribution is 8.03. The van der Waals surface area contributed by atoms with Crippen molar-refractivity contribution in [3.8, 4) is 0 Å². The molecule has 1 rings (SSSR count). The Morgan fingerprint density at radius 3 is 2.44 bits per heavy atom. The SMILES string of the molecule is C/C=C(/CNC(=O)C(Cl)(Cl)Cl)Sc1ccccc1. The van der Waals surface area contributed by atoms with Gasteiger partial charge in [0.05, 0.1) is 0 Å². The lowest BCUT2D eigenvalue weighted by Gasteiger charge is -2.13. The van der Waals surface area contributed by atoms with Crippen molar-refractivity contribution >= 4 is 52.5 Å². The number of halogens is 3. The van der Waals surface area contributed by atoms with E-state index in [1.807, 2.05) is 43.3 Å². The molecule has 0 spiro atoms. The fourth-order valence-electron chi connectivity index (χ4n) is 1.10. The Hall–Kier alpha value is -0.350. The highest BCUT2D eigenvalue weighted by Crippen LogP contribution is 2.28. The molecule has 0 saturated heterocycles. The van der Waals surface area contributed by atoms with Crippen LogP contribution >= 0.6 is 46.6 Å². The molecule has 0 unspecified atom stereocenters. The van der Waals surface area contributed by atoms with Gasteiger partial charge in [0.1, 0.15) is 0 Å². The van der Waals surface area contributed by atoms with Gasteiger partial charge in [0.2, 0.25) is 0 Å². The van der Waals surface area contributed by atoms with E-state index in [0.29, 0.717) is 6.54 Å². The Kier molecular flexibility index (Phi) is 6.36. The van der Waals surface area contributed by atoms with E-state index in [4.69, 9.17) is 34.8 Å². The fourth-order valence-corrected chi connectivity index (χ4v) is 2.16. The molecule has 2 nitrogen and oxygen atoms in total. The number of hydrogen-bond donors (Lipinski definition) is 1. The summed E-state index contributed by atoms with van der Waals surface area (Å²) in [5.74, 6) is -0.625. The summed E-state index contributed by atoms with van der Waals surface area (Å²) in [5.41, 5.74) is 0. The topological polar surface area (TPSA) is 29.1 Å². The van der Waals surface area contributed by atoms with Gasteiger partial charge in [0, 0.05) is 16.3 Å². The molecule has 0 aliphatic heterocycles. The van der Waals surface area contributed by atoms with Crippen molar-refractivity contribution in [3.63, 3.8) is 0 Å². The number of hydrogen-bond acceptors (Lipinski definition) is 2. The van der Waals surface area contributed by atoms with E-state index in [2.05, 4.69) is 5.32 Å². The predicted octanol–water partition coefficient (Wildman–Crippen LogP) is 4.17. The third-order valence-electron chi connectivity index (χ3n) is 1.99. The highest BCUT2D eigenvalue weighted by Gasteiger charge is 2.30. The van der Waals surface area contributed by atoms with E-state index in [-0.39, 0.29) is 0 Å². The van der Waals surface area contributed by atoms with Crippen LogP contribution in [0.1, 0.15) is 6.92 Å². The number of thioether (sulfide) groups is 1. The minimum absolute atomic E-state index is 0.336. The summed E-state index contributed by atoms with van der Waals surface area (Å²) in [6, 6.07) is 9.84. The summed E-state index contributed by atoms with van der Waals surface area (Å²) in [6.45, 7) is 2.23. The Bertz CT molecular complexity index is 429. The monoisotopic (exact) mass is 323 g/mol. The van der Waals surface area contributed by atoms with Crippen LogP contribution in [0.2, 0.25) is 0 Å². The maximum Gasteiger partial charge on any atom is 0.272 e. The summed E-state index contributed by atoms with van der Waals surface area (Å²) < 4.78 is -1.92. The van der Waals surface area contributed by atoms with Gasteiger partial charge in [-0.3, -0.25) is 4.79 Å². The molecular formula is C12H12Cl3NOS. The van der Waals surface area contributed by atoms with Crippen LogP contribution in [0.15, 0.2) is 46.2 Å². The lowest BCUT2D eigenvalue weighted by molar-refractivity contribution is -0.120. The van der Waals surface area contributed by atoms with Crippen molar-refractivity contribution in [3.05, 3.63) is 41.3 Å². The number of carbonyl (C=O) groups is 1. The molecule has 0 saturated carbocycles. The fraction of sp³-hybridized carbons (Fsp3) is 0.250. The van der Waals surface area contributed by atoms with Gasteiger partial charge in [-0.2, -0.15) is 0 Å². The molecule has 18 heavy (non-hydrogen) atoms. The molecule has 0 bridgehead atoms. The van der Waals surface area contributed by atoms with Gasteiger partial charge in [0.15, 0.2) is 0 Å². The molecule has 6 heteroatoms. The summed E-state index contributed by atoms with van der Waals surface area (Å²) >= 11 is 17.9. The maximum atomic E-state index is 11.4. The second-order valence-electron chi connectivity index (χ2n) is 3.35. The Labute approximate surface area is 126 Å². The van der Waals surface area contributed by atoms with Crippen molar-refractivity contribution < 1.29 is 4.79 Å². The van der Waals surface area contributed by atoms with E-state index >= 15 is 0 Å². The molecule has 1 aromatic carbocycles. The largest absolute Gasteiger partial charge is 0.348 e. The van der Waals surface area contributed by atoms with E-state index in [0.717, 1.165) is 9.80 Å². The number of amides is 1. The number of nitrogens with one attached hydrogen (secondary N) is 1. The molecule has 0 aromatic heterocycles. The van der Waals surface area contributed by atoms with Gasteiger partial charge in [-0.25, -0.2) is 0 Å². The molecule has 0 atom stereocenters. The zero-order chi connectivity index (χ0) is 13.6. The van der Waals surface area contributed by atoms with Crippen molar-refractivity contribution in [2.45, 2.75) is 15.6 Å². The Balaban J connectivity index is 2.52. The molecule has 0 fully saturated rings. The first-order valence-electron chi connectivity index (χ1n) is 5.16. The van der Waals surface area contributed by atoms with E-state index < -0.39 is 9.70 Å². The summed E-state index contributed by atoms with van der Waals surface area (Å²) in [5, 5.41) is 2.57. The van der Waals surface area contributed by atoms with Crippen LogP contribution in [0.3, 0.4) is 0 Å². The number of rotatable bonds is 4. The predicted molar refractivity (Wildman–Crippen MR) is 79.4 cm³/mol. The van der Waals surface area contributed by atoms with Crippen LogP contribution in [-0.4, -0.2) is 16.2 Å². The standard InChI is InChI=1S/C12H12Cl3NOS/c1-2-9(8-16-11(17)12(13,14)15)18-10-6-4-3-5-7-10/h2-7H,8H2,1H3,(H,16,17)/b9-2-. The van der Waals surface area contributed by atoms with E-state index in [1.54, 1.807) is 11.8 Å². The zero-order valence-corrected chi connectivity index (χ0v) is 12.7. The van der Waals surface area contributed by atoms with Crippen LogP contribution in [0.25, 0.3) is 0 Å². The van der Waals surface area contributed by atoms with Crippen LogP contribution in [0.4, 0.5) is 0 Å². The summed E-state index contributed by atoms with van der Waals surface area (Å²) in [4.78, 5) is 13.5. The lowest BCUT2D eigenvalue weighted by Crippen LogP contribution is -2.35. The van der Waals surface area contributed by atoms with Crippen molar-refractivity contribution in [1.29, 1.82) is 0 Å². The highest BCUT2D eigenvalue weighted by atomic mass is 35.6. The van der Waals surface area contributed by atoms with Crippen molar-refractivity contribution in [2.75, 3.05) is 6.54 Å². The average Bonchev–Trinajstić information content (AvgIpc) is 2.34. The number of benzene rings is 1. The van der Waals surface area contributed by atoms with Gasteiger partial charge >= 0.3 is 0 Å². The normalized spacial score (nSPS) is 12.3. The molecular weight excluding hydrogens is 313 g/mol. The summed E-state index contributed by atoms with van der Waals surface area (Å²) in [7, 11) is 0. The van der Waals surface area contributed by atoms with Crippen LogP contribution in [0, 0.1) is 0 Å². The minimum atomic E-state index is -1.92. The van der Waals surface area contributed by atoms with E-state index in [9.17, 15) is 4.79 Å². The number of alkyl halides is 3. The molecule has 1 N–H and O–H groups in total. The van der Waals surface area contributed by atoms with Crippen LogP contribution in [0.5, 0.6) is 0 Å². The first-order chi connectivity index (χ1) is 8.43. The van der Waals surface area contributed by atoms with Gasteiger partial charge in [0.25, 0.3) is 9.70 Å². The zero-order valence-electron chi connectivity index (χ0n) is 9.62. The second-order valence-corrected chi connectivity index (χ2v) is 6.83. The van der Waals surface area contributed by atoms with Crippen molar-refractivity contribution in [1.82, 2.24) is 5.32 Å². The minimum Gasteiger partial charge on any atom is -0.348 e. The average molecular weight is 325 g/mol. The Morgan fingerprint density at radius 1 is 1.33 bits per heavy atom.